The third-order valence-electron chi connectivity index (χ3n) is 4.44. The number of hydrogen-bond acceptors (Lipinski definition) is 2. The van der Waals surface area contributed by atoms with E-state index in [9.17, 15) is 9.59 Å². The molecule has 0 atom stereocenters. The van der Waals surface area contributed by atoms with Gasteiger partial charge < -0.3 is 10.2 Å². The first-order chi connectivity index (χ1) is 11.0. The molecular formula is C19H28N2O2. The summed E-state index contributed by atoms with van der Waals surface area (Å²) < 4.78 is 0. The standard InChI is InChI=1S/C19H28N2O2/c1-14(2)12-16-4-6-17(7-5-16)13-20-19(23)18-8-10-21(11-9-18)15(3)22/h4-7,14,18H,8-13H2,1-3H3,(H,20,23). The van der Waals surface area contributed by atoms with Gasteiger partial charge in [0.05, 0.1) is 0 Å². The molecule has 4 heteroatoms. The molecule has 1 N–H and O–H groups in total. The molecule has 1 aliphatic heterocycles. The van der Waals surface area contributed by atoms with E-state index >= 15 is 0 Å². The highest BCUT2D eigenvalue weighted by atomic mass is 16.2. The Kier molecular flexibility index (Phi) is 6.20. The van der Waals surface area contributed by atoms with Gasteiger partial charge in [0.1, 0.15) is 0 Å². The van der Waals surface area contributed by atoms with E-state index in [1.807, 2.05) is 4.90 Å². The van der Waals surface area contributed by atoms with E-state index in [0.29, 0.717) is 25.6 Å². The summed E-state index contributed by atoms with van der Waals surface area (Å²) in [5.74, 6) is 0.900. The van der Waals surface area contributed by atoms with Gasteiger partial charge in [0.2, 0.25) is 11.8 Å². The van der Waals surface area contributed by atoms with Crippen LogP contribution in [0.2, 0.25) is 0 Å². The van der Waals surface area contributed by atoms with Crippen LogP contribution >= 0.6 is 0 Å². The lowest BCUT2D eigenvalue weighted by Gasteiger charge is -2.30. The molecule has 1 saturated heterocycles. The second kappa shape index (κ2) is 8.14. The molecule has 0 aromatic heterocycles. The minimum atomic E-state index is 0.0332. The maximum absolute atomic E-state index is 12.2. The van der Waals surface area contributed by atoms with Crippen molar-refractivity contribution in [3.05, 3.63) is 35.4 Å². The minimum Gasteiger partial charge on any atom is -0.352 e. The third kappa shape index (κ3) is 5.38. The first kappa shape index (κ1) is 17.5. The van der Waals surface area contributed by atoms with Gasteiger partial charge in [-0.1, -0.05) is 38.1 Å². The van der Waals surface area contributed by atoms with Crippen LogP contribution < -0.4 is 5.32 Å². The van der Waals surface area contributed by atoms with E-state index in [1.165, 1.54) is 5.56 Å². The SMILES string of the molecule is CC(=O)N1CCC(C(=O)NCc2ccc(CC(C)C)cc2)CC1. The van der Waals surface area contributed by atoms with Crippen molar-refractivity contribution < 1.29 is 9.59 Å². The van der Waals surface area contributed by atoms with Crippen molar-refractivity contribution in [1.29, 1.82) is 0 Å². The van der Waals surface area contributed by atoms with Gasteiger partial charge >= 0.3 is 0 Å². The monoisotopic (exact) mass is 316 g/mol. The summed E-state index contributed by atoms with van der Waals surface area (Å²) in [4.78, 5) is 25.4. The van der Waals surface area contributed by atoms with E-state index < -0.39 is 0 Å². The van der Waals surface area contributed by atoms with Crippen molar-refractivity contribution in [3.8, 4) is 0 Å². The molecule has 1 heterocycles. The maximum atomic E-state index is 12.2. The van der Waals surface area contributed by atoms with Crippen molar-refractivity contribution >= 4 is 11.8 Å². The average Bonchev–Trinajstić information content (AvgIpc) is 2.53. The molecule has 0 radical (unpaired) electrons. The van der Waals surface area contributed by atoms with Crippen LogP contribution in [0, 0.1) is 11.8 Å². The molecule has 0 aliphatic carbocycles. The molecule has 126 valence electrons. The Bertz CT molecular complexity index is 529. The molecule has 2 rings (SSSR count). The third-order valence-corrected chi connectivity index (χ3v) is 4.44. The molecule has 1 aromatic carbocycles. The molecule has 4 nitrogen and oxygen atoms in total. The Morgan fingerprint density at radius 2 is 1.70 bits per heavy atom. The van der Waals surface area contributed by atoms with Gasteiger partial charge in [0.25, 0.3) is 0 Å². The Hall–Kier alpha value is -1.84. The smallest absolute Gasteiger partial charge is 0.223 e. The fourth-order valence-electron chi connectivity index (χ4n) is 3.05. The molecule has 1 aromatic rings. The van der Waals surface area contributed by atoms with Gasteiger partial charge in [-0.2, -0.15) is 0 Å². The molecule has 23 heavy (non-hydrogen) atoms. The first-order valence-electron chi connectivity index (χ1n) is 8.56. The normalized spacial score (nSPS) is 15.7. The van der Waals surface area contributed by atoms with Crippen LogP contribution in [0.5, 0.6) is 0 Å². The van der Waals surface area contributed by atoms with Gasteiger partial charge in [-0.3, -0.25) is 9.59 Å². The summed E-state index contributed by atoms with van der Waals surface area (Å²) in [5.41, 5.74) is 2.47. The largest absolute Gasteiger partial charge is 0.352 e. The highest BCUT2D eigenvalue weighted by Gasteiger charge is 2.25. The minimum absolute atomic E-state index is 0.0332. The Morgan fingerprint density at radius 3 is 2.22 bits per heavy atom. The zero-order valence-corrected chi connectivity index (χ0v) is 14.5. The summed E-state index contributed by atoms with van der Waals surface area (Å²) in [6, 6.07) is 8.48. The number of nitrogens with one attached hydrogen (secondary N) is 1. The lowest BCUT2D eigenvalue weighted by Crippen LogP contribution is -2.42. The second-order valence-corrected chi connectivity index (χ2v) is 6.91. The quantitative estimate of drug-likeness (QED) is 0.908. The number of likely N-dealkylation sites (tertiary alicyclic amines) is 1. The maximum Gasteiger partial charge on any atom is 0.223 e. The fraction of sp³-hybridized carbons (Fsp3) is 0.579. The van der Waals surface area contributed by atoms with Crippen LogP contribution in [-0.4, -0.2) is 29.8 Å². The Balaban J connectivity index is 1.77. The van der Waals surface area contributed by atoms with Crippen molar-refractivity contribution in [3.63, 3.8) is 0 Å². The zero-order valence-electron chi connectivity index (χ0n) is 14.5. The van der Waals surface area contributed by atoms with Crippen molar-refractivity contribution in [2.24, 2.45) is 11.8 Å². The van der Waals surface area contributed by atoms with Crippen molar-refractivity contribution in [2.45, 2.75) is 46.6 Å². The lowest BCUT2D eigenvalue weighted by molar-refractivity contribution is -0.134. The number of carbonyl (C=O) groups excluding carboxylic acids is 2. The average molecular weight is 316 g/mol. The number of carbonyl (C=O) groups is 2. The lowest BCUT2D eigenvalue weighted by atomic mass is 9.95. The van der Waals surface area contributed by atoms with E-state index in [-0.39, 0.29) is 17.7 Å². The van der Waals surface area contributed by atoms with Crippen LogP contribution in [0.15, 0.2) is 24.3 Å². The summed E-state index contributed by atoms with van der Waals surface area (Å²) >= 11 is 0. The van der Waals surface area contributed by atoms with Crippen molar-refractivity contribution in [1.82, 2.24) is 10.2 Å². The predicted molar refractivity (Wildman–Crippen MR) is 91.8 cm³/mol. The van der Waals surface area contributed by atoms with Gasteiger partial charge in [-0.15, -0.1) is 0 Å². The van der Waals surface area contributed by atoms with Gasteiger partial charge in [0, 0.05) is 32.5 Å². The van der Waals surface area contributed by atoms with Gasteiger partial charge in [-0.25, -0.2) is 0 Å². The van der Waals surface area contributed by atoms with E-state index in [0.717, 1.165) is 24.8 Å². The second-order valence-electron chi connectivity index (χ2n) is 6.91. The van der Waals surface area contributed by atoms with Gasteiger partial charge in [-0.05, 0) is 36.3 Å². The molecule has 0 unspecified atom stereocenters. The molecule has 1 fully saturated rings. The summed E-state index contributed by atoms with van der Waals surface area (Å²) in [6.45, 7) is 7.97. The van der Waals surface area contributed by atoms with Crippen LogP contribution in [0.4, 0.5) is 0 Å². The summed E-state index contributed by atoms with van der Waals surface area (Å²) in [7, 11) is 0. The van der Waals surface area contributed by atoms with E-state index in [2.05, 4.69) is 43.4 Å². The fourth-order valence-corrected chi connectivity index (χ4v) is 3.05. The first-order valence-corrected chi connectivity index (χ1v) is 8.56. The van der Waals surface area contributed by atoms with Gasteiger partial charge in [0.15, 0.2) is 0 Å². The van der Waals surface area contributed by atoms with E-state index in [4.69, 9.17) is 0 Å². The van der Waals surface area contributed by atoms with Crippen molar-refractivity contribution in [2.75, 3.05) is 13.1 Å². The molecule has 2 amide bonds. The predicted octanol–water partition coefficient (Wildman–Crippen LogP) is 2.76. The number of hydrogen-bond donors (Lipinski definition) is 1. The molecule has 1 aliphatic rings. The topological polar surface area (TPSA) is 49.4 Å². The molecule has 0 saturated carbocycles. The van der Waals surface area contributed by atoms with Crippen LogP contribution in [0.25, 0.3) is 0 Å². The number of piperidine rings is 1. The molecular weight excluding hydrogens is 288 g/mol. The molecule has 0 bridgehead atoms. The summed E-state index contributed by atoms with van der Waals surface area (Å²) in [6.07, 6.45) is 2.61. The highest BCUT2D eigenvalue weighted by Crippen LogP contribution is 2.17. The Labute approximate surface area is 139 Å². The highest BCUT2D eigenvalue weighted by molar-refractivity contribution is 5.79. The summed E-state index contributed by atoms with van der Waals surface area (Å²) in [5, 5.41) is 3.03. The van der Waals surface area contributed by atoms with Crippen LogP contribution in [0.1, 0.15) is 44.7 Å². The number of benzene rings is 1. The van der Waals surface area contributed by atoms with E-state index in [1.54, 1.807) is 6.92 Å². The number of nitrogens with zero attached hydrogens (tertiary/aromatic N) is 1. The zero-order chi connectivity index (χ0) is 16.8. The number of rotatable bonds is 5. The van der Waals surface area contributed by atoms with Crippen LogP contribution in [-0.2, 0) is 22.6 Å². The Morgan fingerprint density at radius 1 is 1.13 bits per heavy atom. The van der Waals surface area contributed by atoms with Crippen LogP contribution in [0.3, 0.4) is 0 Å². The number of amides is 2. The molecule has 0 spiro atoms.